The summed E-state index contributed by atoms with van der Waals surface area (Å²) in [5.74, 6) is -0.216. The highest BCUT2D eigenvalue weighted by Gasteiger charge is 2.26. The Balaban J connectivity index is 1.61. The Hall–Kier alpha value is -2.35. The van der Waals surface area contributed by atoms with Gasteiger partial charge in [0.25, 0.3) is 0 Å². The van der Waals surface area contributed by atoms with E-state index in [1.54, 1.807) is 0 Å². The van der Waals surface area contributed by atoms with Crippen LogP contribution in [0.3, 0.4) is 0 Å². The molecule has 2 aromatic rings. The summed E-state index contributed by atoms with van der Waals surface area (Å²) in [6, 6.07) is 12.3. The lowest BCUT2D eigenvalue weighted by atomic mass is 9.72. The largest absolute Gasteiger partial charge is 0.462 e. The summed E-state index contributed by atoms with van der Waals surface area (Å²) >= 11 is 0. The molecule has 0 aliphatic heterocycles. The molecule has 2 aromatic carbocycles. The first-order valence-corrected chi connectivity index (χ1v) is 12.5. The van der Waals surface area contributed by atoms with Gasteiger partial charge in [-0.2, -0.15) is 0 Å². The van der Waals surface area contributed by atoms with Crippen LogP contribution in [-0.4, -0.2) is 12.6 Å². The summed E-state index contributed by atoms with van der Waals surface area (Å²) in [7, 11) is 0. The van der Waals surface area contributed by atoms with E-state index in [1.165, 1.54) is 61.7 Å². The minimum atomic E-state index is -0.216. The number of carbonyl (C=O) groups is 1. The number of unbranched alkanes of at least 4 members (excludes halogenated alkanes) is 5. The summed E-state index contributed by atoms with van der Waals surface area (Å²) in [4.78, 5) is 12.4. The Morgan fingerprint density at radius 2 is 1.69 bits per heavy atom. The second-order valence-corrected chi connectivity index (χ2v) is 9.99. The quantitative estimate of drug-likeness (QED) is 0.277. The molecule has 0 fully saturated rings. The van der Waals surface area contributed by atoms with E-state index < -0.39 is 0 Å². The molecule has 0 spiro atoms. The number of fused-ring (bicyclic) bond motifs is 1. The molecule has 0 radical (unpaired) electrons. The van der Waals surface area contributed by atoms with Crippen LogP contribution in [0, 0.1) is 5.41 Å². The summed E-state index contributed by atoms with van der Waals surface area (Å²) in [5.41, 5.74) is 5.07. The van der Waals surface area contributed by atoms with Gasteiger partial charge >= 0.3 is 5.97 Å². The van der Waals surface area contributed by atoms with Crippen molar-refractivity contribution in [2.75, 3.05) is 6.61 Å². The van der Waals surface area contributed by atoms with Crippen molar-refractivity contribution in [3.05, 3.63) is 64.7 Å². The molecule has 1 aliphatic carbocycles. The summed E-state index contributed by atoms with van der Waals surface area (Å²) in [6.07, 6.45) is 15.4. The molecule has 0 bridgehead atoms. The summed E-state index contributed by atoms with van der Waals surface area (Å²) < 4.78 is 5.49. The standard InChI is InChI=1S/C30H40O2/c1-5-6-7-8-9-10-20-32-29(31)27-17-16-25-21-24(13-15-26(25)22-27)14-18-28-23(2)12-11-19-30(28,3)4/h13-18,21-22H,5-12,19-20H2,1-4H3/b18-14+. The van der Waals surface area contributed by atoms with E-state index in [2.05, 4.69) is 58.0 Å². The number of allylic oxidation sites excluding steroid dienone is 3. The molecular formula is C30H40O2. The minimum absolute atomic E-state index is 0.216. The van der Waals surface area contributed by atoms with Crippen LogP contribution < -0.4 is 0 Å². The fourth-order valence-electron chi connectivity index (χ4n) is 4.82. The number of hydrogen-bond acceptors (Lipinski definition) is 2. The number of rotatable bonds is 10. The number of carbonyl (C=O) groups excluding carboxylic acids is 1. The average molecular weight is 433 g/mol. The Bertz CT molecular complexity index is 977. The maximum atomic E-state index is 12.4. The fraction of sp³-hybridized carbons (Fsp3) is 0.500. The molecule has 1 aliphatic rings. The molecule has 0 aromatic heterocycles. The highest BCUT2D eigenvalue weighted by Crippen LogP contribution is 2.41. The van der Waals surface area contributed by atoms with Crippen molar-refractivity contribution in [2.45, 2.75) is 85.5 Å². The predicted octanol–water partition coefficient (Wildman–Crippen LogP) is 8.90. The summed E-state index contributed by atoms with van der Waals surface area (Å²) in [6.45, 7) is 9.71. The van der Waals surface area contributed by atoms with Crippen LogP contribution in [0.4, 0.5) is 0 Å². The Morgan fingerprint density at radius 1 is 0.969 bits per heavy atom. The molecule has 2 nitrogen and oxygen atoms in total. The van der Waals surface area contributed by atoms with E-state index in [1.807, 2.05) is 18.2 Å². The van der Waals surface area contributed by atoms with Gasteiger partial charge in [0.1, 0.15) is 0 Å². The van der Waals surface area contributed by atoms with Crippen LogP contribution in [-0.2, 0) is 4.74 Å². The third-order valence-electron chi connectivity index (χ3n) is 6.82. The second kappa shape index (κ2) is 11.5. The Kier molecular flexibility index (Phi) is 8.73. The summed E-state index contributed by atoms with van der Waals surface area (Å²) in [5, 5.41) is 2.22. The van der Waals surface area contributed by atoms with Crippen LogP contribution in [0.5, 0.6) is 0 Å². The third-order valence-corrected chi connectivity index (χ3v) is 6.82. The maximum Gasteiger partial charge on any atom is 0.338 e. The first-order valence-electron chi connectivity index (χ1n) is 12.5. The zero-order chi connectivity index (χ0) is 23.0. The second-order valence-electron chi connectivity index (χ2n) is 9.99. The van der Waals surface area contributed by atoms with Crippen molar-refractivity contribution in [2.24, 2.45) is 5.41 Å². The van der Waals surface area contributed by atoms with Gasteiger partial charge in [0, 0.05) is 0 Å². The molecule has 0 saturated heterocycles. The maximum absolute atomic E-state index is 12.4. The molecule has 172 valence electrons. The average Bonchev–Trinajstić information content (AvgIpc) is 2.77. The monoisotopic (exact) mass is 432 g/mol. The predicted molar refractivity (Wildman–Crippen MR) is 137 cm³/mol. The van der Waals surface area contributed by atoms with Gasteiger partial charge in [-0.1, -0.05) is 88.8 Å². The van der Waals surface area contributed by atoms with Gasteiger partial charge in [-0.25, -0.2) is 4.79 Å². The highest BCUT2D eigenvalue weighted by molar-refractivity contribution is 5.96. The number of benzene rings is 2. The number of esters is 1. The third kappa shape index (κ3) is 6.58. The van der Waals surface area contributed by atoms with E-state index in [-0.39, 0.29) is 11.4 Å². The molecule has 0 N–H and O–H groups in total. The van der Waals surface area contributed by atoms with E-state index in [0.29, 0.717) is 12.2 Å². The van der Waals surface area contributed by atoms with Gasteiger partial charge in [-0.05, 0) is 78.1 Å². The van der Waals surface area contributed by atoms with Crippen molar-refractivity contribution in [1.82, 2.24) is 0 Å². The van der Waals surface area contributed by atoms with Crippen LogP contribution in [0.15, 0.2) is 53.6 Å². The molecule has 2 heteroatoms. The first-order chi connectivity index (χ1) is 15.4. The lowest BCUT2D eigenvalue weighted by Gasteiger charge is -2.32. The van der Waals surface area contributed by atoms with Crippen molar-refractivity contribution < 1.29 is 9.53 Å². The topological polar surface area (TPSA) is 26.3 Å². The van der Waals surface area contributed by atoms with Crippen LogP contribution >= 0.6 is 0 Å². The number of hydrogen-bond donors (Lipinski definition) is 0. The smallest absolute Gasteiger partial charge is 0.338 e. The SMILES string of the molecule is CCCCCCCCOC(=O)c1ccc2cc(/C=C/C3=C(C)CCCC3(C)C)ccc2c1. The van der Waals surface area contributed by atoms with Crippen LogP contribution in [0.1, 0.15) is 101 Å². The van der Waals surface area contributed by atoms with Gasteiger partial charge < -0.3 is 4.74 Å². The van der Waals surface area contributed by atoms with Crippen LogP contribution in [0.2, 0.25) is 0 Å². The van der Waals surface area contributed by atoms with Crippen molar-refractivity contribution >= 4 is 22.8 Å². The van der Waals surface area contributed by atoms with Crippen molar-refractivity contribution in [1.29, 1.82) is 0 Å². The Morgan fingerprint density at radius 3 is 2.47 bits per heavy atom. The van der Waals surface area contributed by atoms with E-state index >= 15 is 0 Å². The van der Waals surface area contributed by atoms with Gasteiger partial charge in [0.15, 0.2) is 0 Å². The molecule has 0 unspecified atom stereocenters. The highest BCUT2D eigenvalue weighted by atomic mass is 16.5. The molecule has 32 heavy (non-hydrogen) atoms. The molecule has 3 rings (SSSR count). The molecule has 0 atom stereocenters. The van der Waals surface area contributed by atoms with E-state index in [9.17, 15) is 4.79 Å². The normalized spacial score (nSPS) is 16.1. The van der Waals surface area contributed by atoms with Crippen molar-refractivity contribution in [3.8, 4) is 0 Å². The van der Waals surface area contributed by atoms with Gasteiger partial charge in [0.2, 0.25) is 0 Å². The van der Waals surface area contributed by atoms with Gasteiger partial charge in [0.05, 0.1) is 12.2 Å². The zero-order valence-electron chi connectivity index (χ0n) is 20.5. The van der Waals surface area contributed by atoms with Crippen LogP contribution in [0.25, 0.3) is 16.8 Å². The van der Waals surface area contributed by atoms with E-state index in [0.717, 1.165) is 23.6 Å². The lowest BCUT2D eigenvalue weighted by molar-refractivity contribution is 0.0498. The zero-order valence-corrected chi connectivity index (χ0v) is 20.5. The number of ether oxygens (including phenoxy) is 1. The minimum Gasteiger partial charge on any atom is -0.462 e. The molecule has 0 amide bonds. The van der Waals surface area contributed by atoms with E-state index in [4.69, 9.17) is 4.74 Å². The molecular weight excluding hydrogens is 392 g/mol. The van der Waals surface area contributed by atoms with Gasteiger partial charge in [-0.15, -0.1) is 0 Å². The fourth-order valence-corrected chi connectivity index (χ4v) is 4.82. The Labute approximate surface area is 194 Å². The first kappa shape index (κ1) is 24.3. The molecule has 0 heterocycles. The molecule has 0 saturated carbocycles. The van der Waals surface area contributed by atoms with Crippen molar-refractivity contribution in [3.63, 3.8) is 0 Å². The van der Waals surface area contributed by atoms with Gasteiger partial charge in [-0.3, -0.25) is 0 Å². The lowest BCUT2D eigenvalue weighted by Crippen LogP contribution is -2.18.